The van der Waals surface area contributed by atoms with Gasteiger partial charge in [-0.3, -0.25) is 0 Å². The highest BCUT2D eigenvalue weighted by Crippen LogP contribution is 2.34. The van der Waals surface area contributed by atoms with Crippen LogP contribution < -0.4 is 10.1 Å². The van der Waals surface area contributed by atoms with Gasteiger partial charge in [0, 0.05) is 17.1 Å². The van der Waals surface area contributed by atoms with Crippen LogP contribution in [-0.2, 0) is 6.54 Å². The molecule has 0 saturated carbocycles. The molecule has 2 rings (SSSR count). The van der Waals surface area contributed by atoms with Gasteiger partial charge in [0.2, 0.25) is 0 Å². The highest BCUT2D eigenvalue weighted by molar-refractivity contribution is 6.41. The van der Waals surface area contributed by atoms with Crippen LogP contribution in [0.15, 0.2) is 36.4 Å². The van der Waals surface area contributed by atoms with Gasteiger partial charge in [-0.05, 0) is 32.0 Å². The number of nitrogens with one attached hydrogen (secondary N) is 1. The van der Waals surface area contributed by atoms with E-state index < -0.39 is 0 Å². The Balaban J connectivity index is 2.17. The zero-order chi connectivity index (χ0) is 15.4. The van der Waals surface area contributed by atoms with Crippen molar-refractivity contribution >= 4 is 40.5 Å². The van der Waals surface area contributed by atoms with Crippen LogP contribution in [0.25, 0.3) is 0 Å². The summed E-state index contributed by atoms with van der Waals surface area (Å²) in [5.41, 5.74) is 1.70. The molecule has 21 heavy (non-hydrogen) atoms. The van der Waals surface area contributed by atoms with E-state index in [1.807, 2.05) is 38.1 Å². The van der Waals surface area contributed by atoms with Crippen LogP contribution in [0.1, 0.15) is 19.4 Å². The van der Waals surface area contributed by atoms with Crippen molar-refractivity contribution in [2.45, 2.75) is 26.5 Å². The summed E-state index contributed by atoms with van der Waals surface area (Å²) in [4.78, 5) is 0. The Labute approximate surface area is 140 Å². The fraction of sp³-hybridized carbons (Fsp3) is 0.250. The molecule has 2 nitrogen and oxygen atoms in total. The van der Waals surface area contributed by atoms with Crippen LogP contribution in [0, 0.1) is 0 Å². The van der Waals surface area contributed by atoms with Crippen molar-refractivity contribution in [3.63, 3.8) is 0 Å². The van der Waals surface area contributed by atoms with Gasteiger partial charge in [0.15, 0.2) is 0 Å². The number of anilines is 1. The summed E-state index contributed by atoms with van der Waals surface area (Å²) in [5, 5.41) is 4.74. The maximum Gasteiger partial charge on any atom is 0.124 e. The van der Waals surface area contributed by atoms with Crippen LogP contribution in [0.5, 0.6) is 5.75 Å². The quantitative estimate of drug-likeness (QED) is 0.713. The fourth-order valence-corrected chi connectivity index (χ4v) is 2.86. The Morgan fingerprint density at radius 2 is 1.67 bits per heavy atom. The van der Waals surface area contributed by atoms with Crippen LogP contribution in [0.3, 0.4) is 0 Å². The second-order valence-corrected chi connectivity index (χ2v) is 6.12. The second-order valence-electron chi connectivity index (χ2n) is 4.87. The Morgan fingerprint density at radius 3 is 2.29 bits per heavy atom. The molecule has 0 spiro atoms. The Kier molecular flexibility index (Phi) is 5.63. The Hall–Kier alpha value is -1.09. The van der Waals surface area contributed by atoms with Gasteiger partial charge < -0.3 is 10.1 Å². The maximum absolute atomic E-state index is 6.16. The minimum absolute atomic E-state index is 0.119. The molecule has 0 aliphatic rings. The standard InChI is InChI=1S/C16H16Cl3NO/c1-10(2)21-15-6-4-3-5-11(15)9-20-16-13(18)7-12(17)8-14(16)19/h3-8,10,20H,9H2,1-2H3. The molecule has 0 aliphatic heterocycles. The van der Waals surface area contributed by atoms with Crippen LogP contribution in [-0.4, -0.2) is 6.10 Å². The van der Waals surface area contributed by atoms with Crippen molar-refractivity contribution in [3.8, 4) is 5.75 Å². The van der Waals surface area contributed by atoms with E-state index in [1.54, 1.807) is 12.1 Å². The number of benzene rings is 2. The number of halogens is 3. The summed E-state index contributed by atoms with van der Waals surface area (Å²) in [6, 6.07) is 11.2. The molecule has 0 atom stereocenters. The topological polar surface area (TPSA) is 21.3 Å². The molecule has 0 aromatic heterocycles. The van der Waals surface area contributed by atoms with Crippen LogP contribution in [0.4, 0.5) is 5.69 Å². The lowest BCUT2D eigenvalue weighted by Crippen LogP contribution is -2.09. The molecule has 5 heteroatoms. The van der Waals surface area contributed by atoms with E-state index in [0.717, 1.165) is 11.3 Å². The van der Waals surface area contributed by atoms with Crippen molar-refractivity contribution in [2.24, 2.45) is 0 Å². The van der Waals surface area contributed by atoms with E-state index in [2.05, 4.69) is 5.32 Å². The summed E-state index contributed by atoms with van der Waals surface area (Å²) >= 11 is 18.2. The first kappa shape index (κ1) is 16.3. The molecule has 0 heterocycles. The molecule has 112 valence electrons. The summed E-state index contributed by atoms with van der Waals surface area (Å²) in [6.07, 6.45) is 0.119. The normalized spacial score (nSPS) is 10.8. The number of rotatable bonds is 5. The molecular formula is C16H16Cl3NO. The molecule has 0 fully saturated rings. The van der Waals surface area contributed by atoms with Gasteiger partial charge in [-0.15, -0.1) is 0 Å². The molecule has 2 aromatic rings. The predicted molar refractivity (Wildman–Crippen MR) is 91.0 cm³/mol. The number of ether oxygens (including phenoxy) is 1. The van der Waals surface area contributed by atoms with Gasteiger partial charge in [-0.1, -0.05) is 53.0 Å². The Bertz CT molecular complexity index is 606. The molecule has 0 amide bonds. The summed E-state index contributed by atoms with van der Waals surface area (Å²) in [6.45, 7) is 4.55. The van der Waals surface area contributed by atoms with Gasteiger partial charge in [0.05, 0.1) is 21.8 Å². The smallest absolute Gasteiger partial charge is 0.124 e. The zero-order valence-electron chi connectivity index (χ0n) is 11.8. The van der Waals surface area contributed by atoms with Gasteiger partial charge in [0.25, 0.3) is 0 Å². The van der Waals surface area contributed by atoms with Gasteiger partial charge in [-0.2, -0.15) is 0 Å². The monoisotopic (exact) mass is 343 g/mol. The second kappa shape index (κ2) is 7.26. The first-order valence-electron chi connectivity index (χ1n) is 6.60. The van der Waals surface area contributed by atoms with E-state index in [9.17, 15) is 0 Å². The minimum atomic E-state index is 0.119. The first-order valence-corrected chi connectivity index (χ1v) is 7.73. The fourth-order valence-electron chi connectivity index (χ4n) is 1.91. The molecule has 0 bridgehead atoms. The molecule has 2 aromatic carbocycles. The average Bonchev–Trinajstić information content (AvgIpc) is 2.38. The lowest BCUT2D eigenvalue weighted by molar-refractivity contribution is 0.240. The van der Waals surface area contributed by atoms with E-state index in [-0.39, 0.29) is 6.10 Å². The van der Waals surface area contributed by atoms with Gasteiger partial charge in [0.1, 0.15) is 5.75 Å². The molecule has 1 N–H and O–H groups in total. The predicted octanol–water partition coefficient (Wildman–Crippen LogP) is 6.05. The third-order valence-corrected chi connectivity index (χ3v) is 3.61. The first-order chi connectivity index (χ1) is 9.97. The van der Waals surface area contributed by atoms with E-state index in [4.69, 9.17) is 39.5 Å². The van der Waals surface area contributed by atoms with Gasteiger partial charge in [-0.25, -0.2) is 0 Å². The molecule has 0 saturated heterocycles. The zero-order valence-corrected chi connectivity index (χ0v) is 14.1. The summed E-state index contributed by atoms with van der Waals surface area (Å²) in [7, 11) is 0. The number of para-hydroxylation sites is 1. The molecule has 0 radical (unpaired) electrons. The van der Waals surface area contributed by atoms with Crippen LogP contribution >= 0.6 is 34.8 Å². The van der Waals surface area contributed by atoms with Gasteiger partial charge >= 0.3 is 0 Å². The average molecular weight is 345 g/mol. The van der Waals surface area contributed by atoms with Crippen molar-refractivity contribution < 1.29 is 4.74 Å². The number of hydrogen-bond donors (Lipinski definition) is 1. The lowest BCUT2D eigenvalue weighted by Gasteiger charge is -2.16. The van der Waals surface area contributed by atoms with Crippen molar-refractivity contribution in [1.82, 2.24) is 0 Å². The van der Waals surface area contributed by atoms with Crippen molar-refractivity contribution in [1.29, 1.82) is 0 Å². The lowest BCUT2D eigenvalue weighted by atomic mass is 10.2. The Morgan fingerprint density at radius 1 is 1.05 bits per heavy atom. The van der Waals surface area contributed by atoms with Crippen LogP contribution in [0.2, 0.25) is 15.1 Å². The van der Waals surface area contributed by atoms with E-state index in [1.165, 1.54) is 0 Å². The molecule has 0 unspecified atom stereocenters. The van der Waals surface area contributed by atoms with E-state index >= 15 is 0 Å². The summed E-state index contributed by atoms with van der Waals surface area (Å²) in [5.74, 6) is 0.848. The summed E-state index contributed by atoms with van der Waals surface area (Å²) < 4.78 is 5.79. The minimum Gasteiger partial charge on any atom is -0.491 e. The third-order valence-electron chi connectivity index (χ3n) is 2.80. The van der Waals surface area contributed by atoms with Crippen molar-refractivity contribution in [2.75, 3.05) is 5.32 Å². The highest BCUT2D eigenvalue weighted by atomic mass is 35.5. The SMILES string of the molecule is CC(C)Oc1ccccc1CNc1c(Cl)cc(Cl)cc1Cl. The van der Waals surface area contributed by atoms with Crippen molar-refractivity contribution in [3.05, 3.63) is 57.0 Å². The highest BCUT2D eigenvalue weighted by Gasteiger charge is 2.09. The largest absolute Gasteiger partial charge is 0.491 e. The molecular weight excluding hydrogens is 329 g/mol. The maximum atomic E-state index is 6.16. The molecule has 0 aliphatic carbocycles. The number of hydrogen-bond acceptors (Lipinski definition) is 2. The third kappa shape index (κ3) is 4.44. The van der Waals surface area contributed by atoms with E-state index in [0.29, 0.717) is 27.3 Å².